The molecule has 4 nitrogen and oxygen atoms in total. The molecule has 0 bridgehead atoms. The van der Waals surface area contributed by atoms with Crippen molar-refractivity contribution in [2.24, 2.45) is 5.73 Å². The Labute approximate surface area is 111 Å². The van der Waals surface area contributed by atoms with Crippen molar-refractivity contribution in [3.8, 4) is 0 Å². The Balaban J connectivity index is 4.11. The average molecular weight is 284 g/mol. The molecule has 0 spiro atoms. The number of nitrogens with one attached hydrogen (secondary N) is 1. The van der Waals surface area contributed by atoms with Gasteiger partial charge in [0.2, 0.25) is 5.91 Å². The summed E-state index contributed by atoms with van der Waals surface area (Å²) in [7, 11) is 0. The van der Waals surface area contributed by atoms with Gasteiger partial charge >= 0.3 is 6.18 Å². The van der Waals surface area contributed by atoms with E-state index >= 15 is 0 Å². The number of rotatable bonds is 9. The second kappa shape index (κ2) is 7.69. The number of carbonyl (C=O) groups excluding carboxylic acids is 1. The zero-order valence-corrected chi connectivity index (χ0v) is 11.6. The second-order valence-corrected chi connectivity index (χ2v) is 4.78. The highest BCUT2D eigenvalue weighted by molar-refractivity contribution is 5.84. The molecule has 1 amide bonds. The minimum Gasteiger partial charge on any atom is -0.369 e. The highest BCUT2D eigenvalue weighted by Gasteiger charge is 2.37. The van der Waals surface area contributed by atoms with E-state index < -0.39 is 23.7 Å². The molecule has 3 N–H and O–H groups in total. The Kier molecular flexibility index (Phi) is 7.36. The largest absolute Gasteiger partial charge is 0.414 e. The molecule has 19 heavy (non-hydrogen) atoms. The predicted octanol–water partition coefficient (Wildman–Crippen LogP) is 1.98. The minimum absolute atomic E-state index is 0.0582. The van der Waals surface area contributed by atoms with Crippen LogP contribution in [0.15, 0.2) is 0 Å². The van der Waals surface area contributed by atoms with E-state index in [1.807, 2.05) is 6.92 Å². The van der Waals surface area contributed by atoms with Gasteiger partial charge in [-0.2, -0.15) is 13.2 Å². The Bertz CT molecular complexity index is 285. The monoisotopic (exact) mass is 284 g/mol. The topological polar surface area (TPSA) is 64.3 Å². The summed E-state index contributed by atoms with van der Waals surface area (Å²) in [5.74, 6) is -0.509. The average Bonchev–Trinajstić information content (AvgIpc) is 2.30. The van der Waals surface area contributed by atoms with E-state index in [-0.39, 0.29) is 6.61 Å². The third-order valence-corrected chi connectivity index (χ3v) is 2.96. The smallest absolute Gasteiger partial charge is 0.369 e. The van der Waals surface area contributed by atoms with Crippen LogP contribution in [-0.4, -0.2) is 36.9 Å². The Hall–Kier alpha value is -0.820. The van der Waals surface area contributed by atoms with Crippen LogP contribution in [0.1, 0.15) is 40.0 Å². The molecule has 0 aromatic rings. The van der Waals surface area contributed by atoms with Crippen LogP contribution >= 0.6 is 0 Å². The molecule has 114 valence electrons. The van der Waals surface area contributed by atoms with E-state index in [4.69, 9.17) is 5.73 Å². The van der Waals surface area contributed by atoms with Crippen LogP contribution in [0.25, 0.3) is 0 Å². The summed E-state index contributed by atoms with van der Waals surface area (Å²) in [5, 5.41) is 3.01. The number of hydrogen-bond donors (Lipinski definition) is 2. The number of alkyl halides is 3. The van der Waals surface area contributed by atoms with E-state index in [1.165, 1.54) is 0 Å². The van der Waals surface area contributed by atoms with Crippen LogP contribution in [0.5, 0.6) is 0 Å². The summed E-state index contributed by atoms with van der Waals surface area (Å²) < 4.78 is 41.3. The fourth-order valence-corrected chi connectivity index (χ4v) is 1.48. The van der Waals surface area contributed by atoms with Crippen molar-refractivity contribution in [3.05, 3.63) is 0 Å². The maximum Gasteiger partial charge on any atom is 0.414 e. The Morgan fingerprint density at radius 2 is 2.00 bits per heavy atom. The van der Waals surface area contributed by atoms with E-state index in [9.17, 15) is 18.0 Å². The summed E-state index contributed by atoms with van der Waals surface area (Å²) in [6.07, 6.45) is -4.64. The zero-order chi connectivity index (χ0) is 15.1. The number of hydrogen-bond acceptors (Lipinski definition) is 3. The van der Waals surface area contributed by atoms with Crippen LogP contribution in [0.2, 0.25) is 0 Å². The maximum absolute atomic E-state index is 12.2. The molecule has 7 heteroatoms. The van der Waals surface area contributed by atoms with E-state index in [0.29, 0.717) is 19.4 Å². The van der Waals surface area contributed by atoms with Gasteiger partial charge in [0.05, 0.1) is 5.54 Å². The molecule has 0 aliphatic heterocycles. The lowest BCUT2D eigenvalue weighted by molar-refractivity contribution is -0.214. The van der Waals surface area contributed by atoms with Crippen LogP contribution < -0.4 is 11.1 Å². The molecule has 2 atom stereocenters. The molecule has 0 saturated heterocycles. The second-order valence-electron chi connectivity index (χ2n) is 4.78. The quantitative estimate of drug-likeness (QED) is 0.636. The van der Waals surface area contributed by atoms with Crippen molar-refractivity contribution in [2.75, 3.05) is 13.2 Å². The van der Waals surface area contributed by atoms with Gasteiger partial charge in [-0.3, -0.25) is 4.79 Å². The molecular weight excluding hydrogens is 261 g/mol. The highest BCUT2D eigenvalue weighted by Crippen LogP contribution is 2.22. The first-order valence-corrected chi connectivity index (χ1v) is 6.36. The summed E-state index contributed by atoms with van der Waals surface area (Å²) in [5.41, 5.74) is 4.40. The van der Waals surface area contributed by atoms with Crippen molar-refractivity contribution in [3.63, 3.8) is 0 Å². The lowest BCUT2D eigenvalue weighted by Crippen LogP contribution is -2.53. The van der Waals surface area contributed by atoms with Crippen LogP contribution in [0.3, 0.4) is 0 Å². The van der Waals surface area contributed by atoms with Crippen LogP contribution in [0.4, 0.5) is 13.2 Å². The zero-order valence-electron chi connectivity index (χ0n) is 11.6. The molecule has 0 aliphatic rings. The van der Waals surface area contributed by atoms with Gasteiger partial charge in [0.15, 0.2) is 6.10 Å². The molecule has 0 fully saturated rings. The van der Waals surface area contributed by atoms with Gasteiger partial charge in [0.25, 0.3) is 0 Å². The van der Waals surface area contributed by atoms with E-state index in [0.717, 1.165) is 13.3 Å². The van der Waals surface area contributed by atoms with E-state index in [2.05, 4.69) is 10.1 Å². The predicted molar refractivity (Wildman–Crippen MR) is 66.6 cm³/mol. The molecule has 0 aromatic carbocycles. The standard InChI is InChI=1S/C12H23F3N2O2/c1-4-7-17-11(3,10(16)18)6-5-8-19-9(2)12(13,14)15/h9,17H,4-8H2,1-3H3,(H2,16,18). The number of amides is 1. The fraction of sp³-hybridized carbons (Fsp3) is 0.917. The molecule has 2 unspecified atom stereocenters. The molecule has 0 saturated carbocycles. The molecular formula is C12H23F3N2O2. The van der Waals surface area contributed by atoms with Gasteiger partial charge in [-0.05, 0) is 39.7 Å². The van der Waals surface area contributed by atoms with Gasteiger partial charge in [-0.1, -0.05) is 6.92 Å². The first kappa shape index (κ1) is 18.2. The molecule has 0 radical (unpaired) electrons. The summed E-state index contributed by atoms with van der Waals surface area (Å²) in [6.45, 7) is 5.12. The Morgan fingerprint density at radius 1 is 1.42 bits per heavy atom. The molecule has 0 aliphatic carbocycles. The fourth-order valence-electron chi connectivity index (χ4n) is 1.48. The van der Waals surface area contributed by atoms with Gasteiger partial charge < -0.3 is 15.8 Å². The van der Waals surface area contributed by atoms with Crippen molar-refractivity contribution < 1.29 is 22.7 Å². The van der Waals surface area contributed by atoms with Crippen molar-refractivity contribution >= 4 is 5.91 Å². The SMILES string of the molecule is CCCNC(C)(CCCOC(C)C(F)(F)F)C(N)=O. The van der Waals surface area contributed by atoms with Gasteiger partial charge in [0.1, 0.15) is 0 Å². The van der Waals surface area contributed by atoms with Gasteiger partial charge in [-0.25, -0.2) is 0 Å². The third kappa shape index (κ3) is 6.77. The summed E-state index contributed by atoms with van der Waals surface area (Å²) in [6, 6.07) is 0. The number of nitrogens with two attached hydrogens (primary N) is 1. The van der Waals surface area contributed by atoms with Crippen LogP contribution in [0, 0.1) is 0 Å². The summed E-state index contributed by atoms with van der Waals surface area (Å²) >= 11 is 0. The first-order valence-electron chi connectivity index (χ1n) is 6.36. The molecule has 0 heterocycles. The molecule has 0 rings (SSSR count). The van der Waals surface area contributed by atoms with Gasteiger partial charge in [-0.15, -0.1) is 0 Å². The van der Waals surface area contributed by atoms with E-state index in [1.54, 1.807) is 6.92 Å². The number of primary amides is 1. The lowest BCUT2D eigenvalue weighted by atomic mass is 9.95. The maximum atomic E-state index is 12.2. The molecule has 0 aromatic heterocycles. The normalized spacial score (nSPS) is 16.9. The van der Waals surface area contributed by atoms with Crippen molar-refractivity contribution in [2.45, 2.75) is 57.9 Å². The Morgan fingerprint density at radius 3 is 2.42 bits per heavy atom. The number of ether oxygens (including phenoxy) is 1. The highest BCUT2D eigenvalue weighted by atomic mass is 19.4. The first-order chi connectivity index (χ1) is 8.63. The van der Waals surface area contributed by atoms with Crippen molar-refractivity contribution in [1.82, 2.24) is 5.32 Å². The number of halogens is 3. The third-order valence-electron chi connectivity index (χ3n) is 2.96. The number of carbonyl (C=O) groups is 1. The minimum atomic E-state index is -4.35. The lowest BCUT2D eigenvalue weighted by Gasteiger charge is -2.27. The summed E-state index contributed by atoms with van der Waals surface area (Å²) in [4.78, 5) is 11.4. The van der Waals surface area contributed by atoms with Gasteiger partial charge in [0, 0.05) is 6.61 Å². The van der Waals surface area contributed by atoms with Crippen molar-refractivity contribution in [1.29, 1.82) is 0 Å². The van der Waals surface area contributed by atoms with Crippen LogP contribution in [-0.2, 0) is 9.53 Å².